The van der Waals surface area contributed by atoms with E-state index in [1.807, 2.05) is 0 Å². The maximum absolute atomic E-state index is 12.2. The van der Waals surface area contributed by atoms with Gasteiger partial charge in [-0.2, -0.15) is 39.5 Å². The summed E-state index contributed by atoms with van der Waals surface area (Å²) in [5, 5.41) is -7.11. The zero-order valence-electron chi connectivity index (χ0n) is 17.7. The van der Waals surface area contributed by atoms with Gasteiger partial charge in [0.2, 0.25) is 0 Å². The molecule has 0 aromatic rings. The van der Waals surface area contributed by atoms with Gasteiger partial charge >= 0.3 is 23.3 Å². The van der Waals surface area contributed by atoms with E-state index in [-0.39, 0.29) is 10.9 Å². The summed E-state index contributed by atoms with van der Waals surface area (Å²) in [6.07, 6.45) is 1.25. The third-order valence-corrected chi connectivity index (χ3v) is 8.59. The second-order valence-corrected chi connectivity index (χ2v) is 12.5. The summed E-state index contributed by atoms with van der Waals surface area (Å²) >= 11 is 0. The number of Topliss-reactive ketones (excluding diaryl/α,β-unsaturated/α-hetero) is 1. The van der Waals surface area contributed by atoms with Crippen molar-refractivity contribution in [2.24, 2.45) is 5.92 Å². The maximum atomic E-state index is 12.2. The van der Waals surface area contributed by atoms with Crippen LogP contribution in [0.1, 0.15) is 52.9 Å². The largest absolute Gasteiger partial charge is 0.743 e. The molecule has 0 N–H and O–H groups in total. The Labute approximate surface area is 183 Å². The summed E-state index contributed by atoms with van der Waals surface area (Å²) in [5.74, 6) is -13.1. The van der Waals surface area contributed by atoms with Crippen molar-refractivity contribution in [3.63, 3.8) is 0 Å². The zero-order valence-corrected chi connectivity index (χ0v) is 19.3. The van der Waals surface area contributed by atoms with Gasteiger partial charge in [0.05, 0.1) is 6.26 Å². The van der Waals surface area contributed by atoms with E-state index in [9.17, 15) is 57.3 Å². The molecule has 4 nitrogen and oxygen atoms in total. The Morgan fingerprint density at radius 3 is 1.59 bits per heavy atom. The SMILES string of the molecule is C[S+](CC(=O)C1CCCCC1)C(C)(C)C.O=S(=O)([O-])C(F)(F)C(F)(F)C(F)(F)C(F)(F)F. The lowest BCUT2D eigenvalue weighted by molar-refractivity contribution is -0.382. The Kier molecular flexibility index (Phi) is 10.1. The van der Waals surface area contributed by atoms with Gasteiger partial charge in [0.1, 0.15) is 4.75 Å². The van der Waals surface area contributed by atoms with Gasteiger partial charge in [-0.25, -0.2) is 8.42 Å². The van der Waals surface area contributed by atoms with Crippen molar-refractivity contribution in [1.29, 1.82) is 0 Å². The summed E-state index contributed by atoms with van der Waals surface area (Å²) in [6, 6.07) is 0. The van der Waals surface area contributed by atoms with Crippen LogP contribution in [-0.2, 0) is 25.8 Å². The van der Waals surface area contributed by atoms with Crippen LogP contribution < -0.4 is 0 Å². The number of carbonyl (C=O) groups excluding carboxylic acids is 1. The van der Waals surface area contributed by atoms with Crippen molar-refractivity contribution in [3.8, 4) is 0 Å². The van der Waals surface area contributed by atoms with Crippen molar-refractivity contribution < 1.29 is 57.3 Å². The smallest absolute Gasteiger partial charge is 0.460 e. The third-order valence-electron chi connectivity index (χ3n) is 4.89. The van der Waals surface area contributed by atoms with Gasteiger partial charge < -0.3 is 4.55 Å². The maximum Gasteiger partial charge on any atom is 0.460 e. The normalized spacial score (nSPS) is 18.6. The summed E-state index contributed by atoms with van der Waals surface area (Å²) in [5.41, 5.74) is 0. The van der Waals surface area contributed by atoms with Crippen molar-refractivity contribution >= 4 is 26.8 Å². The van der Waals surface area contributed by atoms with Crippen molar-refractivity contribution in [3.05, 3.63) is 0 Å². The van der Waals surface area contributed by atoms with E-state index in [0.29, 0.717) is 16.4 Å². The van der Waals surface area contributed by atoms with Crippen molar-refractivity contribution in [2.45, 2.75) is 80.9 Å². The number of ketones is 1. The minimum atomic E-state index is -7.43. The molecule has 0 saturated heterocycles. The molecule has 0 radical (unpaired) electrons. The van der Waals surface area contributed by atoms with Crippen molar-refractivity contribution in [2.75, 3.05) is 12.0 Å². The van der Waals surface area contributed by atoms with Crippen LogP contribution in [0.5, 0.6) is 0 Å². The minimum Gasteiger partial charge on any atom is -0.743 e. The van der Waals surface area contributed by atoms with Gasteiger partial charge in [-0.1, -0.05) is 19.3 Å². The molecule has 0 heterocycles. The predicted octanol–water partition coefficient (Wildman–Crippen LogP) is 5.14. The molecule has 1 rings (SSSR count). The summed E-state index contributed by atoms with van der Waals surface area (Å²) in [4.78, 5) is 12.1. The Morgan fingerprint density at radius 2 is 1.28 bits per heavy atom. The molecule has 15 heteroatoms. The second kappa shape index (κ2) is 10.3. The average Bonchev–Trinajstić information content (AvgIpc) is 2.59. The molecule has 1 fully saturated rings. The molecule has 0 spiro atoms. The Balaban J connectivity index is 0.000000604. The fourth-order valence-corrected chi connectivity index (χ4v) is 4.03. The van der Waals surface area contributed by atoms with Crippen LogP contribution in [-0.4, -0.2) is 58.8 Å². The molecular weight excluding hydrogens is 503 g/mol. The monoisotopic (exact) mass is 528 g/mol. The summed E-state index contributed by atoms with van der Waals surface area (Å²) in [7, 11) is -7.19. The van der Waals surface area contributed by atoms with Gasteiger partial charge in [0.15, 0.2) is 21.7 Å². The summed E-state index contributed by atoms with van der Waals surface area (Å²) in [6.45, 7) is 6.72. The van der Waals surface area contributed by atoms with Gasteiger partial charge in [-0.05, 0) is 44.5 Å². The van der Waals surface area contributed by atoms with Crippen molar-refractivity contribution in [1.82, 2.24) is 0 Å². The Hall–Kier alpha value is -0.700. The molecule has 0 aromatic heterocycles. The molecule has 0 amide bonds. The topological polar surface area (TPSA) is 74.3 Å². The highest BCUT2D eigenvalue weighted by Gasteiger charge is 2.83. The molecule has 32 heavy (non-hydrogen) atoms. The lowest BCUT2D eigenvalue weighted by Gasteiger charge is -2.34. The first kappa shape index (κ1) is 31.3. The van der Waals surface area contributed by atoms with E-state index in [2.05, 4.69) is 27.0 Å². The van der Waals surface area contributed by atoms with Gasteiger partial charge in [0.25, 0.3) is 0 Å². The first-order valence-electron chi connectivity index (χ1n) is 9.22. The van der Waals surface area contributed by atoms with Crippen LogP contribution in [0.25, 0.3) is 0 Å². The van der Waals surface area contributed by atoms with E-state index in [0.717, 1.165) is 18.6 Å². The van der Waals surface area contributed by atoms with Crippen LogP contribution in [0.15, 0.2) is 0 Å². The molecule has 1 aliphatic carbocycles. The van der Waals surface area contributed by atoms with Crippen LogP contribution >= 0.6 is 0 Å². The van der Waals surface area contributed by atoms with E-state index < -0.39 is 33.4 Å². The summed E-state index contributed by atoms with van der Waals surface area (Å²) < 4.78 is 136. The fraction of sp³-hybridized carbons (Fsp3) is 0.941. The molecule has 0 bridgehead atoms. The van der Waals surface area contributed by atoms with Gasteiger partial charge in [0, 0.05) is 5.92 Å². The first-order chi connectivity index (χ1) is 13.9. The molecule has 0 aromatic carbocycles. The number of alkyl halides is 9. The number of hydrogen-bond donors (Lipinski definition) is 0. The highest BCUT2D eigenvalue weighted by atomic mass is 32.2. The van der Waals surface area contributed by atoms with E-state index >= 15 is 0 Å². The molecule has 1 aliphatic rings. The molecule has 1 saturated carbocycles. The second-order valence-electron chi connectivity index (χ2n) is 8.31. The number of hydrogen-bond acceptors (Lipinski definition) is 4. The predicted molar refractivity (Wildman–Crippen MR) is 100 cm³/mol. The molecule has 1 atom stereocenters. The van der Waals surface area contributed by atoms with Crippen LogP contribution in [0.4, 0.5) is 39.5 Å². The van der Waals surface area contributed by atoms with Crippen LogP contribution in [0.3, 0.4) is 0 Å². The average molecular weight is 528 g/mol. The molecule has 1 unspecified atom stereocenters. The lowest BCUT2D eigenvalue weighted by atomic mass is 9.87. The molecule has 0 aliphatic heterocycles. The quantitative estimate of drug-likeness (QED) is 0.272. The van der Waals surface area contributed by atoms with Gasteiger partial charge in [-0.3, -0.25) is 4.79 Å². The zero-order chi connectivity index (χ0) is 26.0. The van der Waals surface area contributed by atoms with E-state index in [4.69, 9.17) is 0 Å². The highest BCUT2D eigenvalue weighted by molar-refractivity contribution is 7.98. The van der Waals surface area contributed by atoms with Gasteiger partial charge in [-0.15, -0.1) is 0 Å². The molecular formula is C17H25F9O4S2. The molecule has 192 valence electrons. The number of carbonyl (C=O) groups is 1. The lowest BCUT2D eigenvalue weighted by Crippen LogP contribution is -2.63. The highest BCUT2D eigenvalue weighted by Crippen LogP contribution is 2.54. The standard InChI is InChI=1S/C13H25OS.C4HF9O3S/c1-13(2,3)15(4)10-12(14)11-8-6-5-7-9-11;5-1(6,3(9,10)11)2(7,8)4(12,13)17(14,15)16/h11H,5-10H2,1-4H3;(H,14,15,16)/q+1;/p-1. The Bertz CT molecular complexity index is 738. The number of halogens is 9. The number of rotatable bonds is 6. The van der Waals surface area contributed by atoms with E-state index in [1.165, 1.54) is 19.3 Å². The van der Waals surface area contributed by atoms with E-state index in [1.54, 1.807) is 0 Å². The first-order valence-corrected chi connectivity index (χ1v) is 12.4. The third kappa shape index (κ3) is 7.15. The minimum absolute atomic E-state index is 0.231. The van der Waals surface area contributed by atoms with Crippen LogP contribution in [0.2, 0.25) is 0 Å². The fourth-order valence-electron chi connectivity index (χ4n) is 2.49. The van der Waals surface area contributed by atoms with Crippen LogP contribution in [0, 0.1) is 5.92 Å². The Morgan fingerprint density at radius 1 is 0.875 bits per heavy atom.